The van der Waals surface area contributed by atoms with Crippen molar-refractivity contribution in [3.05, 3.63) is 0 Å². The van der Waals surface area contributed by atoms with Crippen LogP contribution in [0.1, 0.15) is 19.8 Å². The summed E-state index contributed by atoms with van der Waals surface area (Å²) in [7, 11) is 1.68. The minimum absolute atomic E-state index is 0.0451. The first-order valence-corrected chi connectivity index (χ1v) is 4.19. The second-order valence-corrected chi connectivity index (χ2v) is 3.25. The summed E-state index contributed by atoms with van der Waals surface area (Å²) < 4.78 is 0. The van der Waals surface area contributed by atoms with Crippen molar-refractivity contribution in [2.24, 2.45) is 5.92 Å². The molecule has 0 bridgehead atoms. The SMILES string of the molecule is CNC(=O)C1CC(C)CCN1. The molecule has 11 heavy (non-hydrogen) atoms. The van der Waals surface area contributed by atoms with Crippen molar-refractivity contribution in [3.63, 3.8) is 0 Å². The van der Waals surface area contributed by atoms with Crippen molar-refractivity contribution in [2.75, 3.05) is 13.6 Å². The molecule has 1 fully saturated rings. The van der Waals surface area contributed by atoms with Crippen LogP contribution in [-0.4, -0.2) is 25.5 Å². The van der Waals surface area contributed by atoms with Gasteiger partial charge >= 0.3 is 0 Å². The molecule has 1 aliphatic rings. The van der Waals surface area contributed by atoms with Crippen LogP contribution in [-0.2, 0) is 4.79 Å². The van der Waals surface area contributed by atoms with Crippen LogP contribution in [0.2, 0.25) is 0 Å². The zero-order valence-electron chi connectivity index (χ0n) is 7.18. The highest BCUT2D eigenvalue weighted by atomic mass is 16.2. The fourth-order valence-corrected chi connectivity index (χ4v) is 1.48. The first-order valence-electron chi connectivity index (χ1n) is 4.19. The zero-order chi connectivity index (χ0) is 8.27. The molecule has 1 rings (SSSR count). The molecule has 0 spiro atoms. The minimum Gasteiger partial charge on any atom is -0.358 e. The van der Waals surface area contributed by atoms with E-state index >= 15 is 0 Å². The molecule has 0 aromatic rings. The van der Waals surface area contributed by atoms with Crippen molar-refractivity contribution < 1.29 is 4.79 Å². The predicted octanol–water partition coefficient (Wildman–Crippen LogP) is 0.120. The Bertz CT molecular complexity index is 147. The first-order chi connectivity index (χ1) is 5.24. The lowest BCUT2D eigenvalue weighted by atomic mass is 9.94. The maximum atomic E-state index is 11.1. The third-order valence-electron chi connectivity index (χ3n) is 2.23. The van der Waals surface area contributed by atoms with Gasteiger partial charge in [0.25, 0.3) is 0 Å². The Morgan fingerprint density at radius 3 is 2.91 bits per heavy atom. The summed E-state index contributed by atoms with van der Waals surface area (Å²) in [5.74, 6) is 0.801. The minimum atomic E-state index is 0.0451. The fourth-order valence-electron chi connectivity index (χ4n) is 1.48. The quantitative estimate of drug-likeness (QED) is 0.566. The number of hydrogen-bond donors (Lipinski definition) is 2. The third kappa shape index (κ3) is 2.19. The Hall–Kier alpha value is -0.570. The summed E-state index contributed by atoms with van der Waals surface area (Å²) in [6.07, 6.45) is 2.16. The number of nitrogens with one attached hydrogen (secondary N) is 2. The number of piperidine rings is 1. The van der Waals surface area contributed by atoms with Crippen LogP contribution in [0.25, 0.3) is 0 Å². The van der Waals surface area contributed by atoms with E-state index < -0.39 is 0 Å². The molecular weight excluding hydrogens is 140 g/mol. The summed E-state index contributed by atoms with van der Waals surface area (Å²) in [5, 5.41) is 5.84. The molecule has 1 amide bonds. The van der Waals surface area contributed by atoms with Gasteiger partial charge in [0.2, 0.25) is 5.91 Å². The van der Waals surface area contributed by atoms with Crippen LogP contribution >= 0.6 is 0 Å². The highest BCUT2D eigenvalue weighted by Gasteiger charge is 2.22. The van der Waals surface area contributed by atoms with E-state index in [4.69, 9.17) is 0 Å². The van der Waals surface area contributed by atoms with Crippen molar-refractivity contribution in [1.82, 2.24) is 10.6 Å². The Labute approximate surface area is 67.5 Å². The van der Waals surface area contributed by atoms with Gasteiger partial charge in [-0.15, -0.1) is 0 Å². The molecule has 3 heteroatoms. The number of amides is 1. The van der Waals surface area contributed by atoms with Gasteiger partial charge in [-0.2, -0.15) is 0 Å². The summed E-state index contributed by atoms with van der Waals surface area (Å²) in [6.45, 7) is 3.16. The summed E-state index contributed by atoms with van der Waals surface area (Å²) in [5.41, 5.74) is 0. The summed E-state index contributed by atoms with van der Waals surface area (Å²) >= 11 is 0. The van der Waals surface area contributed by atoms with Gasteiger partial charge in [0.15, 0.2) is 0 Å². The Balaban J connectivity index is 2.39. The number of carbonyl (C=O) groups excluding carboxylic acids is 1. The molecule has 2 unspecified atom stereocenters. The largest absolute Gasteiger partial charge is 0.358 e. The number of carbonyl (C=O) groups is 1. The number of hydrogen-bond acceptors (Lipinski definition) is 2. The Kier molecular flexibility index (Phi) is 2.88. The van der Waals surface area contributed by atoms with Gasteiger partial charge in [0.1, 0.15) is 0 Å². The van der Waals surface area contributed by atoms with E-state index in [1.54, 1.807) is 7.05 Å². The Morgan fingerprint density at radius 1 is 1.64 bits per heavy atom. The van der Waals surface area contributed by atoms with E-state index in [0.29, 0.717) is 5.92 Å². The molecule has 0 aliphatic carbocycles. The van der Waals surface area contributed by atoms with Gasteiger partial charge in [0, 0.05) is 7.05 Å². The van der Waals surface area contributed by atoms with Gasteiger partial charge in [-0.1, -0.05) is 6.92 Å². The predicted molar refractivity (Wildman–Crippen MR) is 44.3 cm³/mol. The summed E-state index contributed by atoms with van der Waals surface area (Å²) in [6, 6.07) is 0.0451. The molecule has 3 nitrogen and oxygen atoms in total. The monoisotopic (exact) mass is 156 g/mol. The zero-order valence-corrected chi connectivity index (χ0v) is 7.18. The van der Waals surface area contributed by atoms with Gasteiger partial charge in [-0.3, -0.25) is 4.79 Å². The number of rotatable bonds is 1. The van der Waals surface area contributed by atoms with Crippen LogP contribution in [0.3, 0.4) is 0 Å². The molecule has 0 aromatic carbocycles. The molecule has 2 N–H and O–H groups in total. The van der Waals surface area contributed by atoms with Crippen molar-refractivity contribution >= 4 is 5.91 Å². The van der Waals surface area contributed by atoms with Crippen LogP contribution in [0.5, 0.6) is 0 Å². The molecular formula is C8H16N2O. The maximum Gasteiger partial charge on any atom is 0.236 e. The van der Waals surface area contributed by atoms with E-state index in [1.807, 2.05) is 0 Å². The van der Waals surface area contributed by atoms with E-state index in [1.165, 1.54) is 6.42 Å². The average molecular weight is 156 g/mol. The normalized spacial score (nSPS) is 31.5. The van der Waals surface area contributed by atoms with E-state index in [9.17, 15) is 4.79 Å². The molecule has 0 radical (unpaired) electrons. The van der Waals surface area contributed by atoms with Gasteiger partial charge < -0.3 is 10.6 Å². The second kappa shape index (κ2) is 3.72. The van der Waals surface area contributed by atoms with Crippen molar-refractivity contribution in [2.45, 2.75) is 25.8 Å². The molecule has 0 aromatic heterocycles. The standard InChI is InChI=1S/C8H16N2O/c1-6-3-4-10-7(5-6)8(11)9-2/h6-7,10H,3-5H2,1-2H3,(H,9,11). The Morgan fingerprint density at radius 2 is 2.36 bits per heavy atom. The number of likely N-dealkylation sites (N-methyl/N-ethyl adjacent to an activating group) is 1. The van der Waals surface area contributed by atoms with Crippen molar-refractivity contribution in [1.29, 1.82) is 0 Å². The molecule has 64 valence electrons. The summed E-state index contributed by atoms with van der Waals surface area (Å²) in [4.78, 5) is 11.1. The van der Waals surface area contributed by atoms with Gasteiger partial charge in [-0.05, 0) is 25.3 Å². The fraction of sp³-hybridized carbons (Fsp3) is 0.875. The average Bonchev–Trinajstić information content (AvgIpc) is 2.03. The molecule has 1 heterocycles. The van der Waals surface area contributed by atoms with Gasteiger partial charge in [0.05, 0.1) is 6.04 Å². The highest BCUT2D eigenvalue weighted by molar-refractivity contribution is 5.81. The maximum absolute atomic E-state index is 11.1. The second-order valence-electron chi connectivity index (χ2n) is 3.25. The van der Waals surface area contributed by atoms with E-state index in [0.717, 1.165) is 13.0 Å². The lowest BCUT2D eigenvalue weighted by molar-refractivity contribution is -0.123. The van der Waals surface area contributed by atoms with E-state index in [2.05, 4.69) is 17.6 Å². The van der Waals surface area contributed by atoms with Crippen LogP contribution in [0, 0.1) is 5.92 Å². The lowest BCUT2D eigenvalue weighted by Crippen LogP contribution is -2.47. The topological polar surface area (TPSA) is 41.1 Å². The first kappa shape index (κ1) is 8.53. The third-order valence-corrected chi connectivity index (χ3v) is 2.23. The highest BCUT2D eigenvalue weighted by Crippen LogP contribution is 2.14. The van der Waals surface area contributed by atoms with Crippen molar-refractivity contribution in [3.8, 4) is 0 Å². The van der Waals surface area contributed by atoms with E-state index in [-0.39, 0.29) is 11.9 Å². The molecule has 2 atom stereocenters. The molecule has 1 saturated heterocycles. The lowest BCUT2D eigenvalue weighted by Gasteiger charge is -2.26. The smallest absolute Gasteiger partial charge is 0.236 e. The molecule has 1 aliphatic heterocycles. The van der Waals surface area contributed by atoms with Crippen LogP contribution < -0.4 is 10.6 Å². The van der Waals surface area contributed by atoms with Crippen LogP contribution in [0.4, 0.5) is 0 Å². The van der Waals surface area contributed by atoms with Crippen LogP contribution in [0.15, 0.2) is 0 Å². The molecule has 0 saturated carbocycles. The van der Waals surface area contributed by atoms with Gasteiger partial charge in [-0.25, -0.2) is 0 Å².